The molecule has 3 N–H and O–H groups in total. The number of phenolic OH excluding ortho intramolecular Hbond substituents is 1. The van der Waals surface area contributed by atoms with Gasteiger partial charge in [0.15, 0.2) is 0 Å². The lowest BCUT2D eigenvalue weighted by molar-refractivity contribution is 0.230. The van der Waals surface area contributed by atoms with Crippen molar-refractivity contribution in [2.24, 2.45) is 0 Å². The number of urea groups is 1. The predicted molar refractivity (Wildman–Crippen MR) is 93.7 cm³/mol. The molecule has 0 aliphatic heterocycles. The van der Waals surface area contributed by atoms with Gasteiger partial charge in [0.25, 0.3) is 0 Å². The molecule has 1 aromatic carbocycles. The van der Waals surface area contributed by atoms with Gasteiger partial charge in [0.05, 0.1) is 0 Å². The smallest absolute Gasteiger partial charge is 0.315 e. The van der Waals surface area contributed by atoms with Gasteiger partial charge in [-0.25, -0.2) is 4.79 Å². The molecule has 2 rings (SSSR count). The largest absolute Gasteiger partial charge is 0.508 e. The van der Waals surface area contributed by atoms with Gasteiger partial charge in [-0.3, -0.25) is 0 Å². The van der Waals surface area contributed by atoms with E-state index < -0.39 is 0 Å². The molecule has 0 spiro atoms. The van der Waals surface area contributed by atoms with Gasteiger partial charge in [0.1, 0.15) is 5.75 Å². The maximum atomic E-state index is 12.1. The monoisotopic (exact) mass is 318 g/mol. The summed E-state index contributed by atoms with van der Waals surface area (Å²) in [7, 11) is 0. The van der Waals surface area contributed by atoms with Crippen LogP contribution < -0.4 is 10.6 Å². The molecule has 2 amide bonds. The van der Waals surface area contributed by atoms with Crippen molar-refractivity contribution >= 4 is 6.03 Å². The number of aromatic hydroxyl groups is 1. The molecule has 0 radical (unpaired) electrons. The average Bonchev–Trinajstić information content (AvgIpc) is 2.49. The average molecular weight is 318 g/mol. The first-order valence-corrected chi connectivity index (χ1v) is 8.98. The molecule has 1 aliphatic carbocycles. The Morgan fingerprint density at radius 2 is 1.74 bits per heavy atom. The molecule has 1 aliphatic rings. The molecule has 1 unspecified atom stereocenters. The zero-order valence-electron chi connectivity index (χ0n) is 14.2. The number of aryl methyl sites for hydroxylation is 1. The third kappa shape index (κ3) is 6.93. The summed E-state index contributed by atoms with van der Waals surface area (Å²) in [5.74, 6) is 0.290. The Morgan fingerprint density at radius 1 is 1.13 bits per heavy atom. The van der Waals surface area contributed by atoms with Crippen molar-refractivity contribution in [1.29, 1.82) is 0 Å². The lowest BCUT2D eigenvalue weighted by atomic mass is 9.97. The van der Waals surface area contributed by atoms with Gasteiger partial charge in [0, 0.05) is 12.1 Å². The minimum atomic E-state index is -0.0335. The van der Waals surface area contributed by atoms with Crippen molar-refractivity contribution in [2.75, 3.05) is 0 Å². The highest BCUT2D eigenvalue weighted by Gasteiger charge is 2.15. The number of hydrogen-bond acceptors (Lipinski definition) is 2. The molecule has 4 heteroatoms. The zero-order valence-corrected chi connectivity index (χ0v) is 14.2. The summed E-state index contributed by atoms with van der Waals surface area (Å²) in [5, 5.41) is 15.5. The first kappa shape index (κ1) is 17.6. The topological polar surface area (TPSA) is 61.4 Å². The van der Waals surface area contributed by atoms with E-state index in [0.29, 0.717) is 11.8 Å². The second-order valence-corrected chi connectivity index (χ2v) is 6.77. The first-order chi connectivity index (χ1) is 11.1. The summed E-state index contributed by atoms with van der Waals surface area (Å²) in [6.07, 6.45) is 10.4. The number of phenols is 1. The minimum Gasteiger partial charge on any atom is -0.508 e. The van der Waals surface area contributed by atoms with Crippen molar-refractivity contribution in [1.82, 2.24) is 10.6 Å². The highest BCUT2D eigenvalue weighted by molar-refractivity contribution is 5.74. The molecular formula is C19H30N2O2. The van der Waals surface area contributed by atoms with E-state index in [0.717, 1.165) is 25.7 Å². The van der Waals surface area contributed by atoms with Gasteiger partial charge in [0.2, 0.25) is 0 Å². The van der Waals surface area contributed by atoms with Crippen LogP contribution in [0.25, 0.3) is 0 Å². The van der Waals surface area contributed by atoms with Gasteiger partial charge in [-0.1, -0.05) is 44.2 Å². The first-order valence-electron chi connectivity index (χ1n) is 8.98. The quantitative estimate of drug-likeness (QED) is 0.764. The van der Waals surface area contributed by atoms with Gasteiger partial charge >= 0.3 is 6.03 Å². The van der Waals surface area contributed by atoms with Crippen LogP contribution in [0.1, 0.15) is 63.9 Å². The Morgan fingerprint density at radius 3 is 2.39 bits per heavy atom. The third-order valence-electron chi connectivity index (χ3n) is 4.62. The van der Waals surface area contributed by atoms with Crippen LogP contribution in [0.2, 0.25) is 0 Å². The van der Waals surface area contributed by atoms with E-state index in [-0.39, 0.29) is 12.1 Å². The van der Waals surface area contributed by atoms with E-state index >= 15 is 0 Å². The normalized spacial score (nSPS) is 17.8. The van der Waals surface area contributed by atoms with Crippen LogP contribution in [0.4, 0.5) is 4.79 Å². The summed E-state index contributed by atoms with van der Waals surface area (Å²) >= 11 is 0. The highest BCUT2D eigenvalue weighted by atomic mass is 16.3. The Hall–Kier alpha value is -1.71. The maximum absolute atomic E-state index is 12.1. The molecule has 0 bridgehead atoms. The summed E-state index contributed by atoms with van der Waals surface area (Å²) in [6.45, 7) is 2.04. The molecule has 0 saturated heterocycles. The van der Waals surface area contributed by atoms with E-state index in [2.05, 4.69) is 10.6 Å². The molecule has 1 atom stereocenters. The van der Waals surface area contributed by atoms with Crippen molar-refractivity contribution in [3.05, 3.63) is 29.8 Å². The number of nitrogens with one attached hydrogen (secondary N) is 2. The summed E-state index contributed by atoms with van der Waals surface area (Å²) in [6, 6.07) is 7.70. The predicted octanol–water partition coefficient (Wildman–Crippen LogP) is 4.13. The van der Waals surface area contributed by atoms with Crippen LogP contribution in [-0.4, -0.2) is 23.2 Å². The second-order valence-electron chi connectivity index (χ2n) is 6.77. The van der Waals surface area contributed by atoms with Crippen LogP contribution in [-0.2, 0) is 6.42 Å². The number of carbonyl (C=O) groups is 1. The summed E-state index contributed by atoms with van der Waals surface area (Å²) in [4.78, 5) is 12.1. The Balaban J connectivity index is 1.68. The van der Waals surface area contributed by atoms with Crippen LogP contribution in [0.5, 0.6) is 5.75 Å². The van der Waals surface area contributed by atoms with Gasteiger partial charge in [-0.05, 0) is 50.3 Å². The Kier molecular flexibility index (Phi) is 7.24. The third-order valence-corrected chi connectivity index (χ3v) is 4.62. The fourth-order valence-corrected chi connectivity index (χ4v) is 3.17. The van der Waals surface area contributed by atoms with Gasteiger partial charge in [-0.2, -0.15) is 0 Å². The lowest BCUT2D eigenvalue weighted by Crippen LogP contribution is -2.45. The van der Waals surface area contributed by atoms with Crippen LogP contribution >= 0.6 is 0 Å². The van der Waals surface area contributed by atoms with Crippen LogP contribution in [0.3, 0.4) is 0 Å². The van der Waals surface area contributed by atoms with E-state index in [1.165, 1.54) is 37.7 Å². The highest BCUT2D eigenvalue weighted by Crippen LogP contribution is 2.17. The molecular weight excluding hydrogens is 288 g/mol. The Labute approximate surface area is 139 Å². The van der Waals surface area contributed by atoms with Crippen molar-refractivity contribution in [3.8, 4) is 5.75 Å². The van der Waals surface area contributed by atoms with Crippen LogP contribution in [0.15, 0.2) is 24.3 Å². The molecule has 1 saturated carbocycles. The fraction of sp³-hybridized carbons (Fsp3) is 0.632. The molecule has 0 heterocycles. The van der Waals surface area contributed by atoms with Crippen LogP contribution in [0, 0.1) is 0 Å². The van der Waals surface area contributed by atoms with Crippen molar-refractivity contribution < 1.29 is 9.90 Å². The molecule has 23 heavy (non-hydrogen) atoms. The van der Waals surface area contributed by atoms with E-state index in [9.17, 15) is 9.90 Å². The van der Waals surface area contributed by atoms with Gasteiger partial charge < -0.3 is 15.7 Å². The SMILES string of the molecule is CC(CCc1ccc(O)cc1)NC(=O)NC1CCCCCCC1. The number of hydrogen-bond donors (Lipinski definition) is 3. The number of carbonyl (C=O) groups excluding carboxylic acids is 1. The molecule has 4 nitrogen and oxygen atoms in total. The van der Waals surface area contributed by atoms with Gasteiger partial charge in [-0.15, -0.1) is 0 Å². The maximum Gasteiger partial charge on any atom is 0.315 e. The number of rotatable bonds is 5. The molecule has 1 aromatic rings. The van der Waals surface area contributed by atoms with Crippen molar-refractivity contribution in [3.63, 3.8) is 0 Å². The summed E-state index contributed by atoms with van der Waals surface area (Å²) in [5.41, 5.74) is 1.18. The van der Waals surface area contributed by atoms with E-state index in [4.69, 9.17) is 0 Å². The minimum absolute atomic E-state index is 0.0335. The number of amides is 2. The molecule has 1 fully saturated rings. The molecule has 128 valence electrons. The Bertz CT molecular complexity index is 465. The lowest BCUT2D eigenvalue weighted by Gasteiger charge is -2.22. The fourth-order valence-electron chi connectivity index (χ4n) is 3.17. The van der Waals surface area contributed by atoms with Crippen molar-refractivity contribution in [2.45, 2.75) is 76.8 Å². The zero-order chi connectivity index (χ0) is 16.5. The van der Waals surface area contributed by atoms with E-state index in [1.807, 2.05) is 19.1 Å². The number of benzene rings is 1. The summed E-state index contributed by atoms with van der Waals surface area (Å²) < 4.78 is 0. The standard InChI is InChI=1S/C19H30N2O2/c1-15(9-10-16-11-13-18(22)14-12-16)20-19(23)21-17-7-5-3-2-4-6-8-17/h11-15,17,22H,2-10H2,1H3,(H2,20,21,23). The molecule has 0 aromatic heterocycles. The van der Waals surface area contributed by atoms with E-state index in [1.54, 1.807) is 12.1 Å². The second kappa shape index (κ2) is 9.43.